The van der Waals surface area contributed by atoms with E-state index in [0.717, 1.165) is 10.9 Å². The smallest absolute Gasteiger partial charge is 0.287 e. The summed E-state index contributed by atoms with van der Waals surface area (Å²) >= 11 is 0. The SMILES string of the molecule is NNC(=O)c1cc(Cn2ccc3cc(F)ccc32)on1. The second kappa shape index (κ2) is 4.78. The predicted molar refractivity (Wildman–Crippen MR) is 69.2 cm³/mol. The maximum Gasteiger partial charge on any atom is 0.287 e. The average molecular weight is 274 g/mol. The van der Waals surface area contributed by atoms with Crippen LogP contribution in [-0.2, 0) is 6.54 Å². The summed E-state index contributed by atoms with van der Waals surface area (Å²) in [5, 5.41) is 4.42. The molecule has 0 aliphatic heterocycles. The second-order valence-corrected chi connectivity index (χ2v) is 4.30. The van der Waals surface area contributed by atoms with E-state index in [9.17, 15) is 9.18 Å². The summed E-state index contributed by atoms with van der Waals surface area (Å²) in [6.07, 6.45) is 1.81. The topological polar surface area (TPSA) is 86.1 Å². The van der Waals surface area contributed by atoms with Crippen molar-refractivity contribution in [3.8, 4) is 0 Å². The third-order valence-corrected chi connectivity index (χ3v) is 2.98. The number of hydrazine groups is 1. The Morgan fingerprint density at radius 3 is 3.05 bits per heavy atom. The van der Waals surface area contributed by atoms with Crippen LogP contribution in [0.5, 0.6) is 0 Å². The molecule has 3 aromatic rings. The van der Waals surface area contributed by atoms with Crippen molar-refractivity contribution in [1.29, 1.82) is 0 Å². The van der Waals surface area contributed by atoms with Gasteiger partial charge in [0.15, 0.2) is 11.5 Å². The summed E-state index contributed by atoms with van der Waals surface area (Å²) in [7, 11) is 0. The van der Waals surface area contributed by atoms with Crippen molar-refractivity contribution in [3.05, 3.63) is 53.8 Å². The molecule has 0 saturated carbocycles. The second-order valence-electron chi connectivity index (χ2n) is 4.30. The maximum absolute atomic E-state index is 13.1. The number of rotatable bonds is 3. The van der Waals surface area contributed by atoms with Gasteiger partial charge in [-0.05, 0) is 24.3 Å². The van der Waals surface area contributed by atoms with Gasteiger partial charge in [0.25, 0.3) is 5.91 Å². The quantitative estimate of drug-likeness (QED) is 0.429. The Balaban J connectivity index is 1.89. The molecule has 0 aliphatic rings. The van der Waals surface area contributed by atoms with Crippen molar-refractivity contribution >= 4 is 16.8 Å². The summed E-state index contributed by atoms with van der Waals surface area (Å²) in [5.41, 5.74) is 2.96. The molecule has 0 spiro atoms. The van der Waals surface area contributed by atoms with Gasteiger partial charge in [-0.3, -0.25) is 10.2 Å². The van der Waals surface area contributed by atoms with Gasteiger partial charge < -0.3 is 9.09 Å². The molecule has 102 valence electrons. The lowest BCUT2D eigenvalue weighted by atomic mass is 10.2. The molecule has 0 atom stereocenters. The number of carbonyl (C=O) groups is 1. The molecule has 0 bridgehead atoms. The van der Waals surface area contributed by atoms with Crippen molar-refractivity contribution in [2.75, 3.05) is 0 Å². The first kappa shape index (κ1) is 12.4. The van der Waals surface area contributed by atoms with Crippen molar-refractivity contribution in [2.45, 2.75) is 6.54 Å². The fourth-order valence-corrected chi connectivity index (χ4v) is 2.05. The Labute approximate surface area is 112 Å². The molecule has 0 aliphatic carbocycles. The van der Waals surface area contributed by atoms with E-state index in [2.05, 4.69) is 5.16 Å². The van der Waals surface area contributed by atoms with E-state index in [1.165, 1.54) is 18.2 Å². The van der Waals surface area contributed by atoms with Crippen molar-refractivity contribution < 1.29 is 13.7 Å². The molecular weight excluding hydrogens is 263 g/mol. The molecule has 2 aromatic heterocycles. The molecule has 1 amide bonds. The number of nitrogens with zero attached hydrogens (tertiary/aromatic N) is 2. The third-order valence-electron chi connectivity index (χ3n) is 2.98. The van der Waals surface area contributed by atoms with Crippen LogP contribution in [0, 0.1) is 5.82 Å². The molecule has 1 aromatic carbocycles. The minimum absolute atomic E-state index is 0.116. The third kappa shape index (κ3) is 2.14. The highest BCUT2D eigenvalue weighted by atomic mass is 19.1. The molecule has 20 heavy (non-hydrogen) atoms. The van der Waals surface area contributed by atoms with E-state index in [0.29, 0.717) is 12.3 Å². The van der Waals surface area contributed by atoms with E-state index < -0.39 is 5.91 Å². The molecular formula is C13H11FN4O2. The zero-order valence-corrected chi connectivity index (χ0v) is 10.3. The number of benzene rings is 1. The Morgan fingerprint density at radius 1 is 1.40 bits per heavy atom. The molecule has 0 unspecified atom stereocenters. The fraction of sp³-hybridized carbons (Fsp3) is 0.0769. The predicted octanol–water partition coefficient (Wildman–Crippen LogP) is 1.42. The van der Waals surface area contributed by atoms with Crippen LogP contribution in [-0.4, -0.2) is 15.6 Å². The largest absolute Gasteiger partial charge is 0.359 e. The fourth-order valence-electron chi connectivity index (χ4n) is 2.05. The number of aromatic nitrogens is 2. The maximum atomic E-state index is 13.1. The van der Waals surface area contributed by atoms with Gasteiger partial charge in [0.1, 0.15) is 5.82 Å². The highest BCUT2D eigenvalue weighted by molar-refractivity contribution is 5.91. The number of hydrogen-bond acceptors (Lipinski definition) is 4. The van der Waals surface area contributed by atoms with Crippen LogP contribution in [0.25, 0.3) is 10.9 Å². The highest BCUT2D eigenvalue weighted by Gasteiger charge is 2.12. The van der Waals surface area contributed by atoms with Crippen LogP contribution in [0.1, 0.15) is 16.2 Å². The number of hydrogen-bond donors (Lipinski definition) is 2. The minimum atomic E-state index is -0.514. The average Bonchev–Trinajstić information content (AvgIpc) is 3.06. The number of fused-ring (bicyclic) bond motifs is 1. The van der Waals surface area contributed by atoms with E-state index in [1.54, 1.807) is 6.07 Å². The molecule has 0 saturated heterocycles. The van der Waals surface area contributed by atoms with Gasteiger partial charge in [-0.1, -0.05) is 5.16 Å². The lowest BCUT2D eigenvalue weighted by Gasteiger charge is -2.01. The first-order valence-electron chi connectivity index (χ1n) is 5.88. The molecule has 7 heteroatoms. The first-order chi connectivity index (χ1) is 9.67. The van der Waals surface area contributed by atoms with Crippen LogP contribution >= 0.6 is 0 Å². The summed E-state index contributed by atoms with van der Waals surface area (Å²) < 4.78 is 20.1. The molecule has 0 radical (unpaired) electrons. The molecule has 6 nitrogen and oxygen atoms in total. The van der Waals surface area contributed by atoms with Crippen LogP contribution < -0.4 is 11.3 Å². The van der Waals surface area contributed by atoms with Gasteiger partial charge in [-0.25, -0.2) is 10.2 Å². The van der Waals surface area contributed by atoms with Crippen LogP contribution in [0.3, 0.4) is 0 Å². The van der Waals surface area contributed by atoms with E-state index in [-0.39, 0.29) is 11.5 Å². The molecule has 0 fully saturated rings. The molecule has 3 N–H and O–H groups in total. The van der Waals surface area contributed by atoms with Gasteiger partial charge >= 0.3 is 0 Å². The number of amides is 1. The molecule has 2 heterocycles. The van der Waals surface area contributed by atoms with E-state index >= 15 is 0 Å². The Hall–Kier alpha value is -2.67. The standard InChI is InChI=1S/C13H11FN4O2/c14-9-1-2-12-8(5-9)3-4-18(12)7-10-6-11(17-20-10)13(19)16-15/h1-6H,7,15H2,(H,16,19). The number of carbonyl (C=O) groups excluding carboxylic acids is 1. The number of nitrogens with two attached hydrogens (primary N) is 1. The number of halogens is 1. The monoisotopic (exact) mass is 274 g/mol. The zero-order valence-electron chi connectivity index (χ0n) is 10.3. The van der Waals surface area contributed by atoms with Gasteiger partial charge in [-0.15, -0.1) is 0 Å². The summed E-state index contributed by atoms with van der Waals surface area (Å²) in [6.45, 7) is 0.389. The Morgan fingerprint density at radius 2 is 2.25 bits per heavy atom. The summed E-state index contributed by atoms with van der Waals surface area (Å²) in [6, 6.07) is 7.86. The van der Waals surface area contributed by atoms with Gasteiger partial charge in [0, 0.05) is 23.2 Å². The van der Waals surface area contributed by atoms with Crippen LogP contribution in [0.15, 0.2) is 41.1 Å². The van der Waals surface area contributed by atoms with Crippen LogP contribution in [0.2, 0.25) is 0 Å². The zero-order chi connectivity index (χ0) is 14.1. The van der Waals surface area contributed by atoms with E-state index in [4.69, 9.17) is 10.4 Å². The van der Waals surface area contributed by atoms with Gasteiger partial charge in [0.2, 0.25) is 0 Å². The van der Waals surface area contributed by atoms with Gasteiger partial charge in [-0.2, -0.15) is 0 Å². The van der Waals surface area contributed by atoms with Crippen LogP contribution in [0.4, 0.5) is 4.39 Å². The first-order valence-corrected chi connectivity index (χ1v) is 5.88. The number of nitrogen functional groups attached to an aromatic ring is 1. The van der Waals surface area contributed by atoms with Crippen molar-refractivity contribution in [3.63, 3.8) is 0 Å². The van der Waals surface area contributed by atoms with E-state index in [1.807, 2.05) is 22.3 Å². The Bertz CT molecular complexity index is 778. The minimum Gasteiger partial charge on any atom is -0.359 e. The van der Waals surface area contributed by atoms with Crippen molar-refractivity contribution in [2.24, 2.45) is 5.84 Å². The highest BCUT2D eigenvalue weighted by Crippen LogP contribution is 2.18. The number of nitrogens with one attached hydrogen (secondary N) is 1. The molecule has 3 rings (SSSR count). The summed E-state index contributed by atoms with van der Waals surface area (Å²) in [5.74, 6) is 4.73. The lowest BCUT2D eigenvalue weighted by molar-refractivity contribution is 0.0944. The summed E-state index contributed by atoms with van der Waals surface area (Å²) in [4.78, 5) is 11.3. The normalized spacial score (nSPS) is 10.9. The Kier molecular flexibility index (Phi) is 2.96. The lowest BCUT2D eigenvalue weighted by Crippen LogP contribution is -2.30. The van der Waals surface area contributed by atoms with Crippen molar-refractivity contribution in [1.82, 2.24) is 15.1 Å². The van der Waals surface area contributed by atoms with Gasteiger partial charge in [0.05, 0.1) is 6.54 Å².